The van der Waals surface area contributed by atoms with Crippen molar-refractivity contribution in [2.24, 2.45) is 5.92 Å². The van der Waals surface area contributed by atoms with Gasteiger partial charge in [0.05, 0.1) is 17.3 Å². The van der Waals surface area contributed by atoms with Gasteiger partial charge in [-0.1, -0.05) is 78.9 Å². The number of likely N-dealkylation sites (tertiary alicyclic amines) is 1. The molecule has 152 valence electrons. The van der Waals surface area contributed by atoms with Crippen molar-refractivity contribution >= 4 is 22.6 Å². The van der Waals surface area contributed by atoms with E-state index in [1.165, 1.54) is 4.90 Å². The lowest BCUT2D eigenvalue weighted by Gasteiger charge is -2.35. The number of carbonyl (C=O) groups is 2. The average molecular weight is 418 g/mol. The minimum absolute atomic E-state index is 0.186. The molecule has 30 heavy (non-hydrogen) atoms. The molecule has 1 aliphatic heterocycles. The lowest BCUT2D eigenvalue weighted by Crippen LogP contribution is -2.53. The molecule has 1 heterocycles. The van der Waals surface area contributed by atoms with Gasteiger partial charge in [0.25, 0.3) is 0 Å². The molecular weight excluding hydrogens is 394 g/mol. The van der Waals surface area contributed by atoms with Gasteiger partial charge in [-0.2, -0.15) is 0 Å². The molecule has 0 bridgehead atoms. The van der Waals surface area contributed by atoms with Crippen LogP contribution in [0.4, 0.5) is 0 Å². The summed E-state index contributed by atoms with van der Waals surface area (Å²) in [7, 11) is -1.52. The predicted molar refractivity (Wildman–Crippen MR) is 117 cm³/mol. The minimum atomic E-state index is -1.52. The highest BCUT2D eigenvalue weighted by atomic mass is 32.2. The number of hydrogen-bond donors (Lipinski definition) is 0. The third-order valence-corrected chi connectivity index (χ3v) is 7.05. The number of amides is 2. The molecule has 3 atom stereocenters. The molecule has 0 saturated carbocycles. The summed E-state index contributed by atoms with van der Waals surface area (Å²) in [6.07, 6.45) is 0.820. The van der Waals surface area contributed by atoms with Crippen molar-refractivity contribution in [2.75, 3.05) is 0 Å². The summed E-state index contributed by atoms with van der Waals surface area (Å²) < 4.78 is 13.3. The molecule has 3 unspecified atom stereocenters. The molecular formula is C25H23NO3S. The average Bonchev–Trinajstić information content (AvgIpc) is 2.80. The van der Waals surface area contributed by atoms with E-state index < -0.39 is 16.0 Å². The standard InChI is InChI=1S/C25H23NO3S/c27-24-21(16-19-10-4-1-5-11-19)17-23(30(29)22-14-8-3-9-15-22)25(28)26(24)18-20-12-6-2-7-13-20/h1-15,21,23H,16-18H2. The van der Waals surface area contributed by atoms with Crippen molar-refractivity contribution in [3.8, 4) is 0 Å². The fourth-order valence-electron chi connectivity index (χ4n) is 3.85. The SMILES string of the molecule is O=C1C(Cc2ccccc2)CC(S(=O)c2ccccc2)C(=O)N1Cc1ccccc1. The van der Waals surface area contributed by atoms with E-state index in [2.05, 4.69) is 0 Å². The zero-order valence-corrected chi connectivity index (χ0v) is 17.3. The summed E-state index contributed by atoms with van der Waals surface area (Å²) in [5, 5.41) is -0.734. The summed E-state index contributed by atoms with van der Waals surface area (Å²) in [4.78, 5) is 28.4. The Balaban J connectivity index is 1.65. The van der Waals surface area contributed by atoms with E-state index >= 15 is 0 Å². The van der Waals surface area contributed by atoms with E-state index in [0.717, 1.165) is 11.1 Å². The molecule has 0 aromatic heterocycles. The third kappa shape index (κ3) is 4.41. The molecule has 4 rings (SSSR count). The van der Waals surface area contributed by atoms with Crippen LogP contribution in [0, 0.1) is 5.92 Å². The second-order valence-electron chi connectivity index (χ2n) is 7.47. The summed E-state index contributed by atoms with van der Waals surface area (Å²) in [6, 6.07) is 28.3. The van der Waals surface area contributed by atoms with Crippen LogP contribution in [0.5, 0.6) is 0 Å². The fraction of sp³-hybridized carbons (Fsp3) is 0.200. The monoisotopic (exact) mass is 417 g/mol. The second-order valence-corrected chi connectivity index (χ2v) is 9.10. The third-order valence-electron chi connectivity index (χ3n) is 5.40. The first-order valence-corrected chi connectivity index (χ1v) is 11.2. The molecule has 0 aliphatic carbocycles. The molecule has 0 radical (unpaired) electrons. The number of benzene rings is 3. The number of hydrogen-bond acceptors (Lipinski definition) is 3. The van der Waals surface area contributed by atoms with Crippen LogP contribution in [-0.2, 0) is 33.4 Å². The van der Waals surface area contributed by atoms with Crippen LogP contribution in [0.25, 0.3) is 0 Å². The van der Waals surface area contributed by atoms with Crippen LogP contribution >= 0.6 is 0 Å². The van der Waals surface area contributed by atoms with Crippen molar-refractivity contribution in [1.29, 1.82) is 0 Å². The Labute approximate surface area is 179 Å². The van der Waals surface area contributed by atoms with Crippen LogP contribution in [0.15, 0.2) is 95.9 Å². The van der Waals surface area contributed by atoms with Crippen molar-refractivity contribution in [2.45, 2.75) is 29.5 Å². The highest BCUT2D eigenvalue weighted by Crippen LogP contribution is 2.29. The van der Waals surface area contributed by atoms with Crippen molar-refractivity contribution in [3.63, 3.8) is 0 Å². The van der Waals surface area contributed by atoms with Crippen LogP contribution in [-0.4, -0.2) is 26.2 Å². The van der Waals surface area contributed by atoms with E-state index in [1.807, 2.05) is 78.9 Å². The van der Waals surface area contributed by atoms with Gasteiger partial charge in [-0.05, 0) is 36.1 Å². The zero-order valence-electron chi connectivity index (χ0n) is 16.5. The Morgan fingerprint density at radius 2 is 1.27 bits per heavy atom. The number of imide groups is 1. The smallest absolute Gasteiger partial charge is 0.245 e. The summed E-state index contributed by atoms with van der Waals surface area (Å²) in [5.41, 5.74) is 1.91. The fourth-order valence-corrected chi connectivity index (χ4v) is 5.32. The van der Waals surface area contributed by atoms with E-state index in [4.69, 9.17) is 0 Å². The molecule has 0 N–H and O–H groups in total. The number of rotatable bonds is 6. The predicted octanol–water partition coefficient (Wildman–Crippen LogP) is 3.98. The van der Waals surface area contributed by atoms with Crippen molar-refractivity contribution in [1.82, 2.24) is 4.90 Å². The van der Waals surface area contributed by atoms with E-state index in [0.29, 0.717) is 17.7 Å². The lowest BCUT2D eigenvalue weighted by atomic mass is 9.89. The number of nitrogens with zero attached hydrogens (tertiary/aromatic N) is 1. The van der Waals surface area contributed by atoms with Gasteiger partial charge in [-0.3, -0.25) is 18.7 Å². The largest absolute Gasteiger partial charge is 0.277 e. The van der Waals surface area contributed by atoms with Gasteiger partial charge in [-0.25, -0.2) is 0 Å². The second kappa shape index (κ2) is 9.18. The quantitative estimate of drug-likeness (QED) is 0.570. The first-order chi connectivity index (χ1) is 14.6. The Kier molecular flexibility index (Phi) is 6.19. The Morgan fingerprint density at radius 3 is 1.87 bits per heavy atom. The van der Waals surface area contributed by atoms with Gasteiger partial charge in [0.2, 0.25) is 11.8 Å². The molecule has 5 heteroatoms. The van der Waals surface area contributed by atoms with Gasteiger partial charge in [-0.15, -0.1) is 0 Å². The molecule has 2 amide bonds. The molecule has 1 saturated heterocycles. The summed E-state index contributed by atoms with van der Waals surface area (Å²) in [6.45, 7) is 0.201. The highest BCUT2D eigenvalue weighted by Gasteiger charge is 2.43. The topological polar surface area (TPSA) is 54.5 Å². The molecule has 0 spiro atoms. The van der Waals surface area contributed by atoms with Gasteiger partial charge in [0.1, 0.15) is 5.25 Å². The van der Waals surface area contributed by atoms with E-state index in [-0.39, 0.29) is 24.3 Å². The molecule has 3 aromatic carbocycles. The Hall–Kier alpha value is -3.05. The Bertz CT molecular complexity index is 1030. The van der Waals surface area contributed by atoms with Crippen LogP contribution in [0.3, 0.4) is 0 Å². The van der Waals surface area contributed by atoms with Crippen LogP contribution in [0.2, 0.25) is 0 Å². The molecule has 3 aromatic rings. The maximum Gasteiger partial charge on any atom is 0.245 e. The number of piperidine rings is 1. The number of carbonyl (C=O) groups excluding carboxylic acids is 2. The minimum Gasteiger partial charge on any atom is -0.277 e. The van der Waals surface area contributed by atoms with Crippen molar-refractivity contribution in [3.05, 3.63) is 102 Å². The zero-order chi connectivity index (χ0) is 20.9. The van der Waals surface area contributed by atoms with Crippen LogP contribution in [0.1, 0.15) is 17.5 Å². The molecule has 1 fully saturated rings. The first kappa shape index (κ1) is 20.2. The van der Waals surface area contributed by atoms with Crippen LogP contribution < -0.4 is 0 Å². The highest BCUT2D eigenvalue weighted by molar-refractivity contribution is 7.86. The van der Waals surface area contributed by atoms with Gasteiger partial charge < -0.3 is 0 Å². The molecule has 1 aliphatic rings. The normalized spacial score (nSPS) is 20.2. The van der Waals surface area contributed by atoms with E-state index in [1.54, 1.807) is 12.1 Å². The maximum absolute atomic E-state index is 13.3. The summed E-state index contributed by atoms with van der Waals surface area (Å²) >= 11 is 0. The first-order valence-electron chi connectivity index (χ1n) is 10.0. The van der Waals surface area contributed by atoms with Gasteiger partial charge in [0.15, 0.2) is 0 Å². The maximum atomic E-state index is 13.3. The lowest BCUT2D eigenvalue weighted by molar-refractivity contribution is -0.152. The Morgan fingerprint density at radius 1 is 0.733 bits per heavy atom. The summed E-state index contributed by atoms with van der Waals surface area (Å²) in [5.74, 6) is -0.921. The molecule has 4 nitrogen and oxygen atoms in total. The van der Waals surface area contributed by atoms with Gasteiger partial charge in [0, 0.05) is 10.8 Å². The van der Waals surface area contributed by atoms with E-state index in [9.17, 15) is 13.8 Å². The van der Waals surface area contributed by atoms with Crippen molar-refractivity contribution < 1.29 is 13.8 Å². The van der Waals surface area contributed by atoms with Gasteiger partial charge >= 0.3 is 0 Å².